The van der Waals surface area contributed by atoms with Gasteiger partial charge in [0.25, 0.3) is 0 Å². The number of ether oxygens (including phenoxy) is 2. The van der Waals surface area contributed by atoms with Gasteiger partial charge in [-0.25, -0.2) is 0 Å². The van der Waals surface area contributed by atoms with Gasteiger partial charge < -0.3 is 14.5 Å². The fourth-order valence-electron chi connectivity index (χ4n) is 3.35. The number of benzene rings is 2. The van der Waals surface area contributed by atoms with Crippen LogP contribution in [0.3, 0.4) is 0 Å². The van der Waals surface area contributed by atoms with Crippen LogP contribution in [0.25, 0.3) is 10.9 Å². The van der Waals surface area contributed by atoms with Crippen molar-refractivity contribution in [2.24, 2.45) is 0 Å². The molecule has 0 amide bonds. The predicted molar refractivity (Wildman–Crippen MR) is 113 cm³/mol. The van der Waals surface area contributed by atoms with Crippen molar-refractivity contribution in [1.82, 2.24) is 10.3 Å². The Hall–Kier alpha value is -2.77. The third-order valence-electron chi connectivity index (χ3n) is 4.81. The lowest BCUT2D eigenvalue weighted by Gasteiger charge is -2.14. The van der Waals surface area contributed by atoms with Crippen LogP contribution in [0.5, 0.6) is 5.75 Å². The van der Waals surface area contributed by atoms with E-state index >= 15 is 0 Å². The molecule has 2 heterocycles. The van der Waals surface area contributed by atoms with Gasteiger partial charge in [-0.1, -0.05) is 12.1 Å². The molecule has 1 aromatic heterocycles. The van der Waals surface area contributed by atoms with E-state index in [2.05, 4.69) is 16.4 Å². The molecule has 0 bridgehead atoms. The molecule has 7 heteroatoms. The first-order valence-electron chi connectivity index (χ1n) is 9.52. The van der Waals surface area contributed by atoms with E-state index in [9.17, 15) is 9.59 Å². The number of rotatable bonds is 7. The van der Waals surface area contributed by atoms with Gasteiger partial charge in [-0.15, -0.1) is 11.8 Å². The molecule has 3 aromatic rings. The van der Waals surface area contributed by atoms with Crippen LogP contribution in [0, 0.1) is 0 Å². The maximum Gasteiger partial charge on any atom is 0.324 e. The Balaban J connectivity index is 1.32. The van der Waals surface area contributed by atoms with Crippen molar-refractivity contribution < 1.29 is 19.1 Å². The minimum Gasteiger partial charge on any atom is -0.494 e. The maximum absolute atomic E-state index is 12.4. The van der Waals surface area contributed by atoms with Crippen molar-refractivity contribution in [3.05, 3.63) is 65.9 Å². The summed E-state index contributed by atoms with van der Waals surface area (Å²) in [6.07, 6.45) is 1.91. The first kappa shape index (κ1) is 19.5. The van der Waals surface area contributed by atoms with Crippen LogP contribution in [0.4, 0.5) is 0 Å². The number of hydrogen-bond acceptors (Lipinski definition) is 6. The summed E-state index contributed by atoms with van der Waals surface area (Å²) in [7, 11) is 0. The first-order valence-corrected chi connectivity index (χ1v) is 10.6. The first-order chi connectivity index (χ1) is 14.2. The standard InChI is InChI=1S/C22H22N2O4S/c1-2-27-15-8-6-14(7-9-15)20(25)12-28-22(26)19-13-29-21(24-19)17-4-3-5-18-16(17)10-11-23-18/h3-11,19,21,23-24H,2,12-13H2,1H3/t19-,21-/m0/s1. The van der Waals surface area contributed by atoms with E-state index in [1.54, 1.807) is 36.0 Å². The van der Waals surface area contributed by atoms with Crippen molar-refractivity contribution in [1.29, 1.82) is 0 Å². The Labute approximate surface area is 173 Å². The summed E-state index contributed by atoms with van der Waals surface area (Å²) in [6, 6.07) is 14.5. The van der Waals surface area contributed by atoms with E-state index in [-0.39, 0.29) is 17.8 Å². The quantitative estimate of drug-likeness (QED) is 0.457. The average molecular weight is 410 g/mol. The fourth-order valence-corrected chi connectivity index (χ4v) is 4.61. The number of esters is 1. The van der Waals surface area contributed by atoms with E-state index in [0.29, 0.717) is 23.7 Å². The minimum atomic E-state index is -0.438. The number of fused-ring (bicyclic) bond motifs is 1. The van der Waals surface area contributed by atoms with Crippen molar-refractivity contribution >= 4 is 34.4 Å². The number of thioether (sulfide) groups is 1. The molecule has 2 aromatic carbocycles. The summed E-state index contributed by atoms with van der Waals surface area (Å²) < 4.78 is 10.6. The highest BCUT2D eigenvalue weighted by atomic mass is 32.2. The summed E-state index contributed by atoms with van der Waals surface area (Å²) in [5.41, 5.74) is 2.69. The molecule has 0 unspecified atom stereocenters. The lowest BCUT2D eigenvalue weighted by atomic mass is 10.1. The molecule has 6 nitrogen and oxygen atoms in total. The van der Waals surface area contributed by atoms with Crippen LogP contribution >= 0.6 is 11.8 Å². The number of hydrogen-bond donors (Lipinski definition) is 2. The van der Waals surface area contributed by atoms with E-state index in [1.165, 1.54) is 0 Å². The van der Waals surface area contributed by atoms with E-state index in [1.807, 2.05) is 31.3 Å². The Bertz CT molecular complexity index is 1020. The van der Waals surface area contributed by atoms with Crippen LogP contribution in [-0.2, 0) is 9.53 Å². The van der Waals surface area contributed by atoms with Gasteiger partial charge in [-0.05, 0) is 48.9 Å². The molecule has 1 saturated heterocycles. The van der Waals surface area contributed by atoms with Gasteiger partial charge in [0, 0.05) is 28.4 Å². The van der Waals surface area contributed by atoms with E-state index in [4.69, 9.17) is 9.47 Å². The van der Waals surface area contributed by atoms with Gasteiger partial charge >= 0.3 is 5.97 Å². The molecule has 1 aliphatic rings. The van der Waals surface area contributed by atoms with E-state index in [0.717, 1.165) is 16.5 Å². The number of aromatic amines is 1. The zero-order chi connectivity index (χ0) is 20.2. The summed E-state index contributed by atoms with van der Waals surface area (Å²) in [5.74, 6) is 0.666. The SMILES string of the molecule is CCOc1ccc(C(=O)COC(=O)[C@@H]2CS[C@@H](c3cccc4[nH]ccc34)N2)cc1. The number of carbonyl (C=O) groups excluding carboxylic acids is 2. The van der Waals surface area contributed by atoms with Crippen LogP contribution < -0.4 is 10.1 Å². The monoisotopic (exact) mass is 410 g/mol. The molecule has 0 aliphatic carbocycles. The predicted octanol–water partition coefficient (Wildman–Crippen LogP) is 3.70. The number of Topliss-reactive ketones (excluding diaryl/α,β-unsaturated/α-hetero) is 1. The Morgan fingerprint density at radius 1 is 1.14 bits per heavy atom. The summed E-state index contributed by atoms with van der Waals surface area (Å²) in [5, 5.41) is 4.47. The molecule has 1 aliphatic heterocycles. The molecule has 150 valence electrons. The zero-order valence-electron chi connectivity index (χ0n) is 16.0. The molecule has 1 fully saturated rings. The Kier molecular flexibility index (Phi) is 5.87. The highest BCUT2D eigenvalue weighted by Gasteiger charge is 2.32. The lowest BCUT2D eigenvalue weighted by Crippen LogP contribution is -2.36. The number of ketones is 1. The lowest BCUT2D eigenvalue weighted by molar-refractivity contribution is -0.144. The molecule has 0 saturated carbocycles. The van der Waals surface area contributed by atoms with Crippen molar-refractivity contribution in [3.63, 3.8) is 0 Å². The van der Waals surface area contributed by atoms with Crippen LogP contribution in [-0.4, -0.2) is 41.7 Å². The second-order valence-corrected chi connectivity index (χ2v) is 7.85. The fraction of sp³-hybridized carbons (Fsp3) is 0.273. The minimum absolute atomic E-state index is 0.00821. The summed E-state index contributed by atoms with van der Waals surface area (Å²) in [6.45, 7) is 2.20. The number of nitrogens with one attached hydrogen (secondary N) is 2. The Morgan fingerprint density at radius 3 is 2.76 bits per heavy atom. The third-order valence-corrected chi connectivity index (χ3v) is 6.06. The maximum atomic E-state index is 12.4. The topological polar surface area (TPSA) is 80.4 Å². The van der Waals surface area contributed by atoms with Gasteiger partial charge in [0.1, 0.15) is 11.8 Å². The molecule has 4 rings (SSSR count). The zero-order valence-corrected chi connectivity index (χ0v) is 16.8. The Morgan fingerprint density at radius 2 is 1.97 bits per heavy atom. The summed E-state index contributed by atoms with van der Waals surface area (Å²) in [4.78, 5) is 27.9. The third kappa shape index (κ3) is 4.31. The van der Waals surface area contributed by atoms with Crippen LogP contribution in [0.2, 0.25) is 0 Å². The smallest absolute Gasteiger partial charge is 0.324 e. The highest BCUT2D eigenvalue weighted by molar-refractivity contribution is 7.99. The molecule has 2 atom stereocenters. The van der Waals surface area contributed by atoms with Crippen molar-refractivity contribution in [2.45, 2.75) is 18.3 Å². The van der Waals surface area contributed by atoms with Crippen LogP contribution in [0.1, 0.15) is 28.2 Å². The van der Waals surface area contributed by atoms with E-state index < -0.39 is 12.0 Å². The molecule has 0 spiro atoms. The second-order valence-electron chi connectivity index (χ2n) is 6.71. The molecular formula is C22H22N2O4S. The molecule has 0 radical (unpaired) electrons. The number of aromatic nitrogens is 1. The van der Waals surface area contributed by atoms with Crippen molar-refractivity contribution in [3.8, 4) is 5.75 Å². The van der Waals surface area contributed by atoms with Crippen molar-refractivity contribution in [2.75, 3.05) is 19.0 Å². The van der Waals surface area contributed by atoms with Gasteiger partial charge in [0.05, 0.1) is 12.0 Å². The second kappa shape index (κ2) is 8.71. The average Bonchev–Trinajstić information content (AvgIpc) is 3.42. The van der Waals surface area contributed by atoms with Gasteiger partial charge in [-0.2, -0.15) is 0 Å². The molecule has 29 heavy (non-hydrogen) atoms. The largest absolute Gasteiger partial charge is 0.494 e. The summed E-state index contributed by atoms with van der Waals surface area (Å²) >= 11 is 1.66. The van der Waals surface area contributed by atoms with Gasteiger partial charge in [-0.3, -0.25) is 14.9 Å². The van der Waals surface area contributed by atoms with Gasteiger partial charge in [0.15, 0.2) is 12.4 Å². The molecule has 2 N–H and O–H groups in total. The molecular weight excluding hydrogens is 388 g/mol. The van der Waals surface area contributed by atoms with Crippen LogP contribution in [0.15, 0.2) is 54.7 Å². The normalized spacial score (nSPS) is 18.7. The highest BCUT2D eigenvalue weighted by Crippen LogP contribution is 2.36. The van der Waals surface area contributed by atoms with Gasteiger partial charge in [0.2, 0.25) is 0 Å². The number of H-pyrrole nitrogens is 1. The number of carbonyl (C=O) groups is 2.